The summed E-state index contributed by atoms with van der Waals surface area (Å²) >= 11 is 0. The smallest absolute Gasteiger partial charge is 0.325 e. The van der Waals surface area contributed by atoms with Crippen LogP contribution >= 0.6 is 0 Å². The van der Waals surface area contributed by atoms with Gasteiger partial charge in [0, 0.05) is 0 Å². The number of aryl methyl sites for hydroxylation is 2. The number of carboxylic acids is 1. The molecule has 1 heterocycles. The van der Waals surface area contributed by atoms with Crippen molar-refractivity contribution in [3.8, 4) is 0 Å². The lowest BCUT2D eigenvalue weighted by atomic mass is 9.85. The minimum atomic E-state index is -1.22. The molecule has 2 N–H and O–H groups in total. The molecule has 1 aromatic rings. The fourth-order valence-electron chi connectivity index (χ4n) is 2.55. The van der Waals surface area contributed by atoms with E-state index in [9.17, 15) is 14.4 Å². The van der Waals surface area contributed by atoms with Crippen LogP contribution in [0.25, 0.3) is 0 Å². The summed E-state index contributed by atoms with van der Waals surface area (Å²) in [5.74, 6) is -1.73. The highest BCUT2D eigenvalue weighted by atomic mass is 16.4. The zero-order valence-corrected chi connectivity index (χ0v) is 12.3. The number of imide groups is 1. The Morgan fingerprint density at radius 3 is 2.48 bits per heavy atom. The van der Waals surface area contributed by atoms with E-state index in [1.807, 2.05) is 26.0 Å². The van der Waals surface area contributed by atoms with Gasteiger partial charge in [-0.05, 0) is 37.0 Å². The van der Waals surface area contributed by atoms with Crippen molar-refractivity contribution in [1.82, 2.24) is 10.2 Å². The molecule has 21 heavy (non-hydrogen) atoms. The Balaban J connectivity index is 2.47. The van der Waals surface area contributed by atoms with Crippen molar-refractivity contribution in [2.45, 2.75) is 32.7 Å². The van der Waals surface area contributed by atoms with E-state index in [2.05, 4.69) is 5.32 Å². The monoisotopic (exact) mass is 290 g/mol. The van der Waals surface area contributed by atoms with Crippen LogP contribution in [0.1, 0.15) is 30.0 Å². The zero-order chi connectivity index (χ0) is 15.8. The number of hydrogen-bond acceptors (Lipinski definition) is 3. The van der Waals surface area contributed by atoms with E-state index >= 15 is 0 Å². The first-order valence-electron chi connectivity index (χ1n) is 6.75. The molecule has 1 aromatic carbocycles. The number of carboxylic acid groups (broad SMARTS) is 1. The highest BCUT2D eigenvalue weighted by molar-refractivity contribution is 6.09. The Bertz CT molecular complexity index is 626. The molecular weight excluding hydrogens is 272 g/mol. The molecule has 0 aliphatic carbocycles. The van der Waals surface area contributed by atoms with E-state index in [4.69, 9.17) is 5.11 Å². The molecule has 112 valence electrons. The van der Waals surface area contributed by atoms with Crippen molar-refractivity contribution in [3.63, 3.8) is 0 Å². The van der Waals surface area contributed by atoms with Gasteiger partial charge in [0.15, 0.2) is 0 Å². The minimum Gasteiger partial charge on any atom is -0.480 e. The topological polar surface area (TPSA) is 86.7 Å². The molecule has 1 saturated heterocycles. The number of aliphatic carboxylic acids is 1. The molecule has 1 fully saturated rings. The van der Waals surface area contributed by atoms with E-state index in [1.165, 1.54) is 0 Å². The van der Waals surface area contributed by atoms with Crippen LogP contribution in [-0.4, -0.2) is 34.5 Å². The third kappa shape index (κ3) is 2.37. The van der Waals surface area contributed by atoms with Crippen LogP contribution in [0.3, 0.4) is 0 Å². The van der Waals surface area contributed by atoms with Gasteiger partial charge in [0.1, 0.15) is 12.1 Å². The van der Waals surface area contributed by atoms with Gasteiger partial charge in [-0.3, -0.25) is 14.5 Å². The SMILES string of the molecule is CCC1(c2ccc(C)c(C)c2)NC(=O)N(CC(=O)O)C1=O. The van der Waals surface area contributed by atoms with Crippen molar-refractivity contribution >= 4 is 17.9 Å². The summed E-state index contributed by atoms with van der Waals surface area (Å²) in [4.78, 5) is 36.1. The van der Waals surface area contributed by atoms with Crippen LogP contribution in [0.4, 0.5) is 4.79 Å². The Morgan fingerprint density at radius 1 is 1.29 bits per heavy atom. The number of nitrogens with one attached hydrogen (secondary N) is 1. The normalized spacial score (nSPS) is 21.6. The Hall–Kier alpha value is -2.37. The summed E-state index contributed by atoms with van der Waals surface area (Å²) in [6, 6.07) is 4.89. The molecule has 0 radical (unpaired) electrons. The van der Waals surface area contributed by atoms with Gasteiger partial charge in [-0.1, -0.05) is 25.1 Å². The lowest BCUT2D eigenvalue weighted by molar-refractivity contribution is -0.143. The van der Waals surface area contributed by atoms with E-state index in [0.717, 1.165) is 16.0 Å². The number of urea groups is 1. The molecule has 0 saturated carbocycles. The van der Waals surface area contributed by atoms with Crippen molar-refractivity contribution in [3.05, 3.63) is 34.9 Å². The van der Waals surface area contributed by atoms with E-state index in [-0.39, 0.29) is 0 Å². The largest absolute Gasteiger partial charge is 0.480 e. The molecule has 0 spiro atoms. The molecule has 2 rings (SSSR count). The molecular formula is C15H18N2O4. The van der Waals surface area contributed by atoms with Gasteiger partial charge in [-0.2, -0.15) is 0 Å². The van der Waals surface area contributed by atoms with Crippen LogP contribution in [0.15, 0.2) is 18.2 Å². The molecule has 0 aromatic heterocycles. The second kappa shape index (κ2) is 5.20. The van der Waals surface area contributed by atoms with E-state index in [0.29, 0.717) is 12.0 Å². The highest BCUT2D eigenvalue weighted by Crippen LogP contribution is 2.33. The van der Waals surface area contributed by atoms with Crippen LogP contribution < -0.4 is 5.32 Å². The first-order valence-corrected chi connectivity index (χ1v) is 6.75. The second-order valence-electron chi connectivity index (χ2n) is 5.27. The quantitative estimate of drug-likeness (QED) is 0.824. The summed E-state index contributed by atoms with van der Waals surface area (Å²) in [6.07, 6.45) is 0.357. The van der Waals surface area contributed by atoms with Gasteiger partial charge >= 0.3 is 12.0 Å². The Labute approximate surface area is 122 Å². The Morgan fingerprint density at radius 2 is 1.95 bits per heavy atom. The summed E-state index contributed by atoms with van der Waals surface area (Å²) in [5.41, 5.74) is 1.60. The van der Waals surface area contributed by atoms with Crippen molar-refractivity contribution in [2.75, 3.05) is 6.54 Å². The molecule has 6 nitrogen and oxygen atoms in total. The maximum absolute atomic E-state index is 12.6. The zero-order valence-electron chi connectivity index (χ0n) is 12.3. The van der Waals surface area contributed by atoms with Crippen molar-refractivity contribution < 1.29 is 19.5 Å². The van der Waals surface area contributed by atoms with Crippen LogP contribution in [0, 0.1) is 13.8 Å². The fourth-order valence-corrected chi connectivity index (χ4v) is 2.55. The summed E-state index contributed by atoms with van der Waals surface area (Å²) in [6.45, 7) is 5.05. The van der Waals surface area contributed by atoms with Gasteiger partial charge in [0.25, 0.3) is 5.91 Å². The van der Waals surface area contributed by atoms with Crippen LogP contribution in [0.5, 0.6) is 0 Å². The maximum atomic E-state index is 12.6. The number of carbonyl (C=O) groups is 3. The third-order valence-electron chi connectivity index (χ3n) is 4.00. The molecule has 0 bridgehead atoms. The second-order valence-corrected chi connectivity index (χ2v) is 5.27. The first-order chi connectivity index (χ1) is 9.81. The lowest BCUT2D eigenvalue weighted by Crippen LogP contribution is -2.44. The van der Waals surface area contributed by atoms with Gasteiger partial charge in [0.05, 0.1) is 0 Å². The number of rotatable bonds is 4. The van der Waals surface area contributed by atoms with Crippen molar-refractivity contribution in [1.29, 1.82) is 0 Å². The summed E-state index contributed by atoms with van der Waals surface area (Å²) in [7, 11) is 0. The van der Waals surface area contributed by atoms with Crippen molar-refractivity contribution in [2.24, 2.45) is 0 Å². The number of amides is 3. The fraction of sp³-hybridized carbons (Fsp3) is 0.400. The van der Waals surface area contributed by atoms with Crippen LogP contribution in [-0.2, 0) is 15.1 Å². The van der Waals surface area contributed by atoms with Gasteiger partial charge < -0.3 is 10.4 Å². The molecule has 1 aliphatic heterocycles. The standard InChI is InChI=1S/C15H18N2O4/c1-4-15(11-6-5-9(2)10(3)7-11)13(20)17(8-12(18)19)14(21)16-15/h5-7H,4,8H2,1-3H3,(H,16,21)(H,18,19). The molecule has 1 atom stereocenters. The predicted molar refractivity (Wildman–Crippen MR) is 75.8 cm³/mol. The van der Waals surface area contributed by atoms with Gasteiger partial charge in [-0.15, -0.1) is 0 Å². The average molecular weight is 290 g/mol. The summed E-state index contributed by atoms with van der Waals surface area (Å²) < 4.78 is 0. The van der Waals surface area contributed by atoms with E-state index < -0.39 is 30.0 Å². The minimum absolute atomic E-state index is 0.357. The first kappa shape index (κ1) is 15.0. The Kier molecular flexibility index (Phi) is 3.72. The lowest BCUT2D eigenvalue weighted by Gasteiger charge is -2.26. The molecule has 1 aliphatic rings. The molecule has 6 heteroatoms. The molecule has 1 unspecified atom stereocenters. The maximum Gasteiger partial charge on any atom is 0.325 e. The van der Waals surface area contributed by atoms with Gasteiger partial charge in [-0.25, -0.2) is 4.79 Å². The number of hydrogen-bond donors (Lipinski definition) is 2. The van der Waals surface area contributed by atoms with E-state index in [1.54, 1.807) is 13.0 Å². The number of benzene rings is 1. The average Bonchev–Trinajstić information content (AvgIpc) is 2.66. The van der Waals surface area contributed by atoms with Crippen LogP contribution in [0.2, 0.25) is 0 Å². The number of carbonyl (C=O) groups excluding carboxylic acids is 2. The third-order valence-corrected chi connectivity index (χ3v) is 4.00. The number of nitrogens with zero attached hydrogens (tertiary/aromatic N) is 1. The molecule has 3 amide bonds. The predicted octanol–water partition coefficient (Wildman–Crippen LogP) is 1.55. The van der Waals surface area contributed by atoms with Gasteiger partial charge in [0.2, 0.25) is 0 Å². The highest BCUT2D eigenvalue weighted by Gasteiger charge is 2.51. The summed E-state index contributed by atoms with van der Waals surface area (Å²) in [5, 5.41) is 11.5.